The van der Waals surface area contributed by atoms with E-state index in [4.69, 9.17) is 12.2 Å². The summed E-state index contributed by atoms with van der Waals surface area (Å²) in [5, 5.41) is 0. The van der Waals surface area contributed by atoms with Gasteiger partial charge in [-0.3, -0.25) is 0 Å². The lowest BCUT2D eigenvalue weighted by Crippen LogP contribution is -1.84. The Hall–Kier alpha value is 0.440. The predicted octanol–water partition coefficient (Wildman–Crippen LogP) is 5.16. The van der Waals surface area contributed by atoms with E-state index in [0.717, 1.165) is 10.6 Å². The van der Waals surface area contributed by atoms with Crippen molar-refractivity contribution in [1.82, 2.24) is 0 Å². The quantitative estimate of drug-likeness (QED) is 0.308. The molecule has 84 valence electrons. The Morgan fingerprint density at radius 3 is 1.71 bits per heavy atom. The molecule has 0 aliphatic heterocycles. The molecule has 0 aromatic rings. The van der Waals surface area contributed by atoms with Crippen LogP contribution in [0.1, 0.15) is 71.1 Å². The summed E-state index contributed by atoms with van der Waals surface area (Å²) in [6, 6.07) is 0. The first-order valence-electron chi connectivity index (χ1n) is 5.99. The number of rotatable bonds is 10. The van der Waals surface area contributed by atoms with Crippen molar-refractivity contribution in [2.75, 3.05) is 0 Å². The van der Waals surface area contributed by atoms with Gasteiger partial charge in [0.25, 0.3) is 0 Å². The lowest BCUT2D eigenvalue weighted by molar-refractivity contribution is 0.569. The predicted molar refractivity (Wildman–Crippen MR) is 73.4 cm³/mol. The molecule has 0 amide bonds. The van der Waals surface area contributed by atoms with Gasteiger partial charge in [0.2, 0.25) is 0 Å². The maximum absolute atomic E-state index is 4.91. The second-order valence-corrected chi connectivity index (χ2v) is 5.31. The fraction of sp³-hybridized carbons (Fsp3) is 0.917. The van der Waals surface area contributed by atoms with Gasteiger partial charge in [0.1, 0.15) is 0 Å². The SMILES string of the molecule is CCCCCCCCCCCC(=S)S. The Bertz CT molecular complexity index is 132. The van der Waals surface area contributed by atoms with Gasteiger partial charge in [-0.1, -0.05) is 70.5 Å². The van der Waals surface area contributed by atoms with E-state index < -0.39 is 0 Å². The van der Waals surface area contributed by atoms with Gasteiger partial charge in [-0.05, 0) is 12.8 Å². The average molecular weight is 232 g/mol. The summed E-state index contributed by atoms with van der Waals surface area (Å²) in [7, 11) is 0. The van der Waals surface area contributed by atoms with E-state index >= 15 is 0 Å². The van der Waals surface area contributed by atoms with Gasteiger partial charge in [0.05, 0.1) is 0 Å². The third-order valence-corrected chi connectivity index (χ3v) is 2.92. The highest BCUT2D eigenvalue weighted by Crippen LogP contribution is 2.11. The summed E-state index contributed by atoms with van der Waals surface area (Å²) >= 11 is 9.02. The molecule has 0 fully saturated rings. The molecule has 0 aliphatic rings. The Labute approximate surface area is 100 Å². The van der Waals surface area contributed by atoms with Crippen molar-refractivity contribution < 1.29 is 0 Å². The van der Waals surface area contributed by atoms with Crippen LogP contribution in [0.15, 0.2) is 0 Å². The summed E-state index contributed by atoms with van der Waals surface area (Å²) in [6.07, 6.45) is 13.4. The topological polar surface area (TPSA) is 0 Å². The van der Waals surface area contributed by atoms with Crippen molar-refractivity contribution in [3.63, 3.8) is 0 Å². The van der Waals surface area contributed by atoms with E-state index in [1.807, 2.05) is 0 Å². The van der Waals surface area contributed by atoms with Gasteiger partial charge in [-0.25, -0.2) is 0 Å². The van der Waals surface area contributed by atoms with Gasteiger partial charge in [-0.2, -0.15) is 0 Å². The van der Waals surface area contributed by atoms with Gasteiger partial charge in [0.15, 0.2) is 0 Å². The van der Waals surface area contributed by atoms with E-state index in [0.29, 0.717) is 0 Å². The van der Waals surface area contributed by atoms with Crippen molar-refractivity contribution in [3.05, 3.63) is 0 Å². The van der Waals surface area contributed by atoms with E-state index in [-0.39, 0.29) is 0 Å². The van der Waals surface area contributed by atoms with E-state index in [9.17, 15) is 0 Å². The summed E-state index contributed by atoms with van der Waals surface area (Å²) in [5.41, 5.74) is 0. The minimum atomic E-state index is 0.868. The fourth-order valence-corrected chi connectivity index (χ4v) is 1.89. The molecular formula is C12H24S2. The van der Waals surface area contributed by atoms with Gasteiger partial charge >= 0.3 is 0 Å². The first kappa shape index (κ1) is 14.4. The highest BCUT2D eigenvalue weighted by molar-refractivity contribution is 8.11. The van der Waals surface area contributed by atoms with Crippen LogP contribution in [0.5, 0.6) is 0 Å². The van der Waals surface area contributed by atoms with Crippen LogP contribution in [0.2, 0.25) is 0 Å². The second-order valence-electron chi connectivity index (χ2n) is 3.97. The second kappa shape index (κ2) is 11.5. The Kier molecular flexibility index (Phi) is 11.9. The van der Waals surface area contributed by atoms with E-state index in [2.05, 4.69) is 19.6 Å². The normalized spacial score (nSPS) is 10.4. The Balaban J connectivity index is 2.88. The number of hydrogen-bond donors (Lipinski definition) is 1. The van der Waals surface area contributed by atoms with Crippen molar-refractivity contribution in [2.24, 2.45) is 0 Å². The van der Waals surface area contributed by atoms with Crippen LogP contribution in [-0.2, 0) is 0 Å². The summed E-state index contributed by atoms with van der Waals surface area (Å²) < 4.78 is 0.868. The van der Waals surface area contributed by atoms with Crippen molar-refractivity contribution >= 4 is 29.0 Å². The minimum absolute atomic E-state index is 0.868. The third-order valence-electron chi connectivity index (χ3n) is 2.49. The maximum atomic E-state index is 4.91. The van der Waals surface area contributed by atoms with Crippen LogP contribution >= 0.6 is 24.8 Å². The molecule has 0 saturated carbocycles. The molecule has 0 aromatic heterocycles. The lowest BCUT2D eigenvalue weighted by Gasteiger charge is -2.01. The smallest absolute Gasteiger partial charge is 0.0448 e. The Morgan fingerprint density at radius 1 is 0.857 bits per heavy atom. The molecule has 0 bridgehead atoms. The number of thiocarbonyl (C=S) groups is 1. The number of thiol groups is 1. The van der Waals surface area contributed by atoms with Gasteiger partial charge in [-0.15, -0.1) is 12.6 Å². The fourth-order valence-electron chi connectivity index (χ4n) is 1.59. The lowest BCUT2D eigenvalue weighted by atomic mass is 10.1. The van der Waals surface area contributed by atoms with E-state index in [1.165, 1.54) is 57.8 Å². The molecule has 0 spiro atoms. The average Bonchev–Trinajstić information content (AvgIpc) is 2.15. The third kappa shape index (κ3) is 12.4. The molecule has 0 radical (unpaired) electrons. The maximum Gasteiger partial charge on any atom is 0.0448 e. The number of unbranched alkanes of at least 4 members (excludes halogenated alkanes) is 8. The molecule has 0 saturated heterocycles. The van der Waals surface area contributed by atoms with Gasteiger partial charge in [0, 0.05) is 4.20 Å². The first-order chi connectivity index (χ1) is 6.77. The highest BCUT2D eigenvalue weighted by atomic mass is 32.1. The van der Waals surface area contributed by atoms with Crippen LogP contribution in [0.3, 0.4) is 0 Å². The molecule has 0 rings (SSSR count). The van der Waals surface area contributed by atoms with Crippen LogP contribution in [0.25, 0.3) is 0 Å². The highest BCUT2D eigenvalue weighted by Gasteiger charge is 1.93. The molecule has 0 unspecified atom stereocenters. The zero-order chi connectivity index (χ0) is 10.6. The molecule has 2 heteroatoms. The van der Waals surface area contributed by atoms with Crippen molar-refractivity contribution in [1.29, 1.82) is 0 Å². The zero-order valence-corrected chi connectivity index (χ0v) is 11.1. The zero-order valence-electron chi connectivity index (χ0n) is 9.43. The van der Waals surface area contributed by atoms with Crippen LogP contribution in [0, 0.1) is 0 Å². The Morgan fingerprint density at radius 2 is 1.29 bits per heavy atom. The van der Waals surface area contributed by atoms with Gasteiger partial charge < -0.3 is 0 Å². The summed E-state index contributed by atoms with van der Waals surface area (Å²) in [6.45, 7) is 2.26. The van der Waals surface area contributed by atoms with Crippen molar-refractivity contribution in [3.8, 4) is 0 Å². The van der Waals surface area contributed by atoms with E-state index in [1.54, 1.807) is 0 Å². The standard InChI is InChI=1S/C12H24S2/c1-2-3-4-5-6-7-8-9-10-11-12(13)14/h2-11H2,1H3,(H,13,14). The molecule has 0 nitrogen and oxygen atoms in total. The largest absolute Gasteiger partial charge is 0.136 e. The first-order valence-corrected chi connectivity index (χ1v) is 6.84. The van der Waals surface area contributed by atoms with Crippen LogP contribution in [-0.4, -0.2) is 4.20 Å². The summed E-state index contributed by atoms with van der Waals surface area (Å²) in [4.78, 5) is 0. The minimum Gasteiger partial charge on any atom is -0.136 e. The molecule has 0 aliphatic carbocycles. The van der Waals surface area contributed by atoms with Crippen LogP contribution in [0.4, 0.5) is 0 Å². The summed E-state index contributed by atoms with van der Waals surface area (Å²) in [5.74, 6) is 0. The molecule has 0 atom stereocenters. The van der Waals surface area contributed by atoms with Crippen LogP contribution < -0.4 is 0 Å². The molecule has 0 N–H and O–H groups in total. The molecule has 0 aromatic carbocycles. The molecule has 0 heterocycles. The monoisotopic (exact) mass is 232 g/mol. The number of hydrogen-bond acceptors (Lipinski definition) is 1. The molecular weight excluding hydrogens is 208 g/mol. The van der Waals surface area contributed by atoms with Crippen molar-refractivity contribution in [2.45, 2.75) is 71.1 Å². The molecule has 14 heavy (non-hydrogen) atoms.